The van der Waals surface area contributed by atoms with Crippen molar-refractivity contribution in [3.05, 3.63) is 89.5 Å². The first kappa shape index (κ1) is 34.3. The van der Waals surface area contributed by atoms with E-state index in [1.165, 1.54) is 57.1 Å². The Morgan fingerprint density at radius 2 is 1.15 bits per heavy atom. The summed E-state index contributed by atoms with van der Waals surface area (Å²) in [4.78, 5) is 0. The van der Waals surface area contributed by atoms with Gasteiger partial charge in [0.05, 0.1) is 6.61 Å². The fraction of sp³-hybridized carbons (Fsp3) is 0.512. The van der Waals surface area contributed by atoms with Crippen molar-refractivity contribution in [1.29, 1.82) is 0 Å². The number of hydrogen-bond donors (Lipinski definition) is 0. The molecule has 5 rings (SSSR count). The Bertz CT molecular complexity index is 1430. The zero-order valence-corrected chi connectivity index (χ0v) is 27.6. The van der Waals surface area contributed by atoms with E-state index in [0.29, 0.717) is 29.2 Å². The van der Waals surface area contributed by atoms with Crippen molar-refractivity contribution < 1.29 is 22.3 Å². The van der Waals surface area contributed by atoms with E-state index in [9.17, 15) is 4.39 Å². The van der Waals surface area contributed by atoms with Crippen LogP contribution in [0.1, 0.15) is 115 Å². The van der Waals surface area contributed by atoms with Crippen LogP contribution in [-0.4, -0.2) is 6.61 Å². The average molecular weight is 635 g/mol. The number of hydrogen-bond acceptors (Lipinski definition) is 1. The molecule has 248 valence electrons. The van der Waals surface area contributed by atoms with Gasteiger partial charge in [-0.2, -0.15) is 4.39 Å². The lowest BCUT2D eigenvalue weighted by Gasteiger charge is -2.37. The molecule has 0 bridgehead atoms. The fourth-order valence-electron chi connectivity index (χ4n) is 7.85. The molecule has 0 aliphatic heterocycles. The van der Waals surface area contributed by atoms with Crippen LogP contribution in [-0.2, 0) is 0 Å². The lowest BCUT2D eigenvalue weighted by atomic mass is 9.68. The van der Waals surface area contributed by atoms with Gasteiger partial charge in [0.15, 0.2) is 23.2 Å². The summed E-state index contributed by atoms with van der Waals surface area (Å²) in [6.07, 6.45) is 20.0. The van der Waals surface area contributed by atoms with Crippen molar-refractivity contribution >= 4 is 0 Å². The first-order valence-electron chi connectivity index (χ1n) is 17.7. The molecule has 1 nitrogen and oxygen atoms in total. The van der Waals surface area contributed by atoms with Gasteiger partial charge in [0.25, 0.3) is 0 Å². The summed E-state index contributed by atoms with van der Waals surface area (Å²) in [6, 6.07) is 12.8. The van der Waals surface area contributed by atoms with Crippen LogP contribution in [0.15, 0.2) is 60.7 Å². The van der Waals surface area contributed by atoms with Crippen molar-refractivity contribution in [1.82, 2.24) is 0 Å². The highest BCUT2D eigenvalue weighted by atomic mass is 19.2. The van der Waals surface area contributed by atoms with Gasteiger partial charge < -0.3 is 4.74 Å². The maximum atomic E-state index is 15.5. The number of unbranched alkanes of at least 4 members (excludes halogenated alkanes) is 5. The highest BCUT2D eigenvalue weighted by Gasteiger charge is 2.32. The molecule has 2 aliphatic rings. The van der Waals surface area contributed by atoms with Crippen molar-refractivity contribution in [3.63, 3.8) is 0 Å². The minimum atomic E-state index is -1.01. The molecule has 3 aromatic rings. The van der Waals surface area contributed by atoms with Gasteiger partial charge in [-0.3, -0.25) is 0 Å². The van der Waals surface area contributed by atoms with Gasteiger partial charge >= 0.3 is 0 Å². The fourth-order valence-corrected chi connectivity index (χ4v) is 7.85. The minimum Gasteiger partial charge on any atom is -0.490 e. The summed E-state index contributed by atoms with van der Waals surface area (Å²) < 4.78 is 66.3. The normalized spacial score (nSPS) is 22.0. The predicted octanol–water partition coefficient (Wildman–Crippen LogP) is 13.0. The second kappa shape index (κ2) is 16.7. The van der Waals surface area contributed by atoms with E-state index in [0.717, 1.165) is 56.8 Å². The summed E-state index contributed by atoms with van der Waals surface area (Å²) in [5.41, 5.74) is 1.68. The predicted molar refractivity (Wildman–Crippen MR) is 181 cm³/mol. The third kappa shape index (κ3) is 8.25. The Balaban J connectivity index is 1.18. The number of ether oxygens (including phenoxy) is 1. The molecule has 46 heavy (non-hydrogen) atoms. The summed E-state index contributed by atoms with van der Waals surface area (Å²) in [5.74, 6) is -1.48. The van der Waals surface area contributed by atoms with Gasteiger partial charge in [-0.05, 0) is 117 Å². The first-order chi connectivity index (χ1) is 22.4. The van der Waals surface area contributed by atoms with E-state index >= 15 is 13.2 Å². The molecule has 2 saturated carbocycles. The van der Waals surface area contributed by atoms with Crippen LogP contribution in [0.5, 0.6) is 5.75 Å². The Morgan fingerprint density at radius 1 is 0.609 bits per heavy atom. The van der Waals surface area contributed by atoms with Crippen LogP contribution in [0.3, 0.4) is 0 Å². The topological polar surface area (TPSA) is 9.23 Å². The SMILES string of the molecule is C/C=C/C1CCC(C2CCC(c3ccc(-c4ccc(-c5ccc(OCCCCCCCC)c(F)c5F)cc4)c(F)c3F)CC2)CC1. The van der Waals surface area contributed by atoms with E-state index in [1.54, 1.807) is 36.4 Å². The van der Waals surface area contributed by atoms with E-state index in [1.807, 2.05) is 0 Å². The van der Waals surface area contributed by atoms with E-state index in [4.69, 9.17) is 4.74 Å². The lowest BCUT2D eigenvalue weighted by Crippen LogP contribution is -2.25. The van der Waals surface area contributed by atoms with Gasteiger partial charge in [-0.1, -0.05) is 87.6 Å². The monoisotopic (exact) mass is 634 g/mol. The van der Waals surface area contributed by atoms with Crippen molar-refractivity contribution in [2.75, 3.05) is 6.61 Å². The van der Waals surface area contributed by atoms with Gasteiger partial charge in [0.2, 0.25) is 5.82 Å². The molecule has 5 heteroatoms. The lowest BCUT2D eigenvalue weighted by molar-refractivity contribution is 0.170. The zero-order chi connectivity index (χ0) is 32.5. The second-order valence-corrected chi connectivity index (χ2v) is 13.6. The molecule has 0 heterocycles. The second-order valence-electron chi connectivity index (χ2n) is 13.6. The van der Waals surface area contributed by atoms with Crippen molar-refractivity contribution in [2.24, 2.45) is 17.8 Å². The molecule has 0 aromatic heterocycles. The quantitative estimate of drug-likeness (QED) is 0.103. The van der Waals surface area contributed by atoms with E-state index < -0.39 is 23.3 Å². The van der Waals surface area contributed by atoms with Gasteiger partial charge in [-0.15, -0.1) is 0 Å². The van der Waals surface area contributed by atoms with Crippen LogP contribution in [0.4, 0.5) is 17.6 Å². The molecule has 0 atom stereocenters. The molecule has 0 radical (unpaired) electrons. The zero-order valence-electron chi connectivity index (χ0n) is 27.6. The largest absolute Gasteiger partial charge is 0.490 e. The molecule has 0 amide bonds. The highest BCUT2D eigenvalue weighted by molar-refractivity contribution is 5.72. The van der Waals surface area contributed by atoms with Crippen LogP contribution in [0.25, 0.3) is 22.3 Å². The maximum absolute atomic E-state index is 15.5. The van der Waals surface area contributed by atoms with Gasteiger partial charge in [0, 0.05) is 11.1 Å². The van der Waals surface area contributed by atoms with Crippen molar-refractivity contribution in [2.45, 2.75) is 110 Å². The van der Waals surface area contributed by atoms with E-state index in [2.05, 4.69) is 26.0 Å². The summed E-state index contributed by atoms with van der Waals surface area (Å²) in [6.45, 7) is 4.61. The third-order valence-electron chi connectivity index (χ3n) is 10.6. The Hall–Kier alpha value is -3.08. The number of allylic oxidation sites excluding steroid dienone is 2. The van der Waals surface area contributed by atoms with Crippen LogP contribution in [0, 0.1) is 41.0 Å². The Morgan fingerprint density at radius 3 is 1.76 bits per heavy atom. The van der Waals surface area contributed by atoms with Gasteiger partial charge in [-0.25, -0.2) is 13.2 Å². The van der Waals surface area contributed by atoms with Gasteiger partial charge in [0.1, 0.15) is 0 Å². The number of rotatable bonds is 13. The maximum Gasteiger partial charge on any atom is 0.201 e. The summed E-state index contributed by atoms with van der Waals surface area (Å²) in [7, 11) is 0. The van der Waals surface area contributed by atoms with Crippen molar-refractivity contribution in [3.8, 4) is 28.0 Å². The molecule has 2 fully saturated rings. The molecular formula is C41H50F4O. The number of halogens is 4. The minimum absolute atomic E-state index is 0.0390. The summed E-state index contributed by atoms with van der Waals surface area (Å²) >= 11 is 0. The molecule has 0 unspecified atom stereocenters. The molecular weight excluding hydrogens is 584 g/mol. The van der Waals surface area contributed by atoms with Crippen LogP contribution >= 0.6 is 0 Å². The highest BCUT2D eigenvalue weighted by Crippen LogP contribution is 2.45. The smallest absolute Gasteiger partial charge is 0.201 e. The Kier molecular flexibility index (Phi) is 12.4. The van der Waals surface area contributed by atoms with E-state index in [-0.39, 0.29) is 22.8 Å². The number of benzene rings is 3. The average Bonchev–Trinajstić information content (AvgIpc) is 3.08. The molecule has 2 aliphatic carbocycles. The standard InChI is InChI=1S/C41H50F4O/c1-3-5-6-7-8-9-27-46-37-26-25-36(40(44)41(37)45)33-21-19-32(20-22-33)35-24-23-34(38(42)39(35)43)31-17-15-30(16-18-31)29-13-11-28(10-4-2)12-14-29/h4,10,19-26,28-31H,3,5-9,11-18,27H2,1-2H3/b10-4+. The molecule has 0 N–H and O–H groups in total. The molecule has 0 spiro atoms. The summed E-state index contributed by atoms with van der Waals surface area (Å²) in [5, 5.41) is 0. The molecule has 3 aromatic carbocycles. The van der Waals surface area contributed by atoms with Crippen LogP contribution in [0.2, 0.25) is 0 Å². The third-order valence-corrected chi connectivity index (χ3v) is 10.6. The first-order valence-corrected chi connectivity index (χ1v) is 17.7. The molecule has 0 saturated heterocycles. The Labute approximate surface area is 273 Å². The van der Waals surface area contributed by atoms with Crippen LogP contribution < -0.4 is 4.74 Å².